The van der Waals surface area contributed by atoms with E-state index in [1.54, 1.807) is 36.8 Å². The summed E-state index contributed by atoms with van der Waals surface area (Å²) in [5.74, 6) is 0.357. The molecule has 2 aromatic heterocycles. The lowest BCUT2D eigenvalue weighted by Crippen LogP contribution is -2.27. The van der Waals surface area contributed by atoms with Gasteiger partial charge in [0.2, 0.25) is 0 Å². The van der Waals surface area contributed by atoms with E-state index in [4.69, 9.17) is 0 Å². The lowest BCUT2D eigenvalue weighted by Gasteiger charge is -2.20. The van der Waals surface area contributed by atoms with Gasteiger partial charge in [0.15, 0.2) is 0 Å². The Morgan fingerprint density at radius 2 is 1.90 bits per heavy atom. The van der Waals surface area contributed by atoms with Crippen molar-refractivity contribution in [1.29, 1.82) is 0 Å². The van der Waals surface area contributed by atoms with Crippen molar-refractivity contribution in [3.63, 3.8) is 0 Å². The standard InChI is InChI=1S/C13H16N4O2S/c1-3-15-13-12(5-4-8-16-13)20(18,19)17(2)11-6-9-14-10-7-11/h4-10H,3H2,1-2H3,(H,15,16). The highest BCUT2D eigenvalue weighted by Crippen LogP contribution is 2.25. The van der Waals surface area contributed by atoms with Gasteiger partial charge < -0.3 is 5.32 Å². The van der Waals surface area contributed by atoms with E-state index in [-0.39, 0.29) is 4.90 Å². The molecule has 0 saturated carbocycles. The third-order valence-electron chi connectivity index (χ3n) is 2.78. The fourth-order valence-corrected chi connectivity index (χ4v) is 3.05. The molecule has 0 fully saturated rings. The first-order chi connectivity index (χ1) is 9.57. The minimum atomic E-state index is -3.66. The van der Waals surface area contributed by atoms with Gasteiger partial charge in [-0.25, -0.2) is 13.4 Å². The molecule has 2 rings (SSSR count). The van der Waals surface area contributed by atoms with Crippen molar-refractivity contribution in [3.8, 4) is 0 Å². The molecule has 0 unspecified atom stereocenters. The summed E-state index contributed by atoms with van der Waals surface area (Å²) < 4.78 is 26.5. The molecule has 2 aromatic rings. The van der Waals surface area contributed by atoms with E-state index in [0.29, 0.717) is 18.1 Å². The Morgan fingerprint density at radius 1 is 1.20 bits per heavy atom. The van der Waals surface area contributed by atoms with E-state index >= 15 is 0 Å². The normalized spacial score (nSPS) is 11.1. The van der Waals surface area contributed by atoms with E-state index in [0.717, 1.165) is 0 Å². The monoisotopic (exact) mass is 292 g/mol. The Labute approximate surface area is 118 Å². The molecule has 0 radical (unpaired) electrons. The SMILES string of the molecule is CCNc1ncccc1S(=O)(=O)N(C)c1ccncc1. The fourth-order valence-electron chi connectivity index (χ4n) is 1.74. The van der Waals surface area contributed by atoms with Gasteiger partial charge in [0, 0.05) is 32.2 Å². The summed E-state index contributed by atoms with van der Waals surface area (Å²) >= 11 is 0. The highest BCUT2D eigenvalue weighted by atomic mass is 32.2. The molecule has 0 saturated heterocycles. The largest absolute Gasteiger partial charge is 0.369 e. The van der Waals surface area contributed by atoms with Crippen molar-refractivity contribution >= 4 is 21.5 Å². The third-order valence-corrected chi connectivity index (χ3v) is 4.60. The second kappa shape index (κ2) is 5.87. The number of aromatic nitrogens is 2. The molecule has 6 nitrogen and oxygen atoms in total. The second-order valence-electron chi connectivity index (χ2n) is 4.06. The van der Waals surface area contributed by atoms with Crippen molar-refractivity contribution in [2.75, 3.05) is 23.2 Å². The van der Waals surface area contributed by atoms with Crippen LogP contribution in [0.2, 0.25) is 0 Å². The average Bonchev–Trinajstić information content (AvgIpc) is 2.48. The van der Waals surface area contributed by atoms with Crippen molar-refractivity contribution in [2.45, 2.75) is 11.8 Å². The van der Waals surface area contributed by atoms with Crippen LogP contribution in [0.15, 0.2) is 47.8 Å². The van der Waals surface area contributed by atoms with Crippen LogP contribution < -0.4 is 9.62 Å². The van der Waals surface area contributed by atoms with Crippen LogP contribution in [0.4, 0.5) is 11.5 Å². The van der Waals surface area contributed by atoms with Crippen molar-refractivity contribution in [3.05, 3.63) is 42.9 Å². The van der Waals surface area contributed by atoms with Gasteiger partial charge in [-0.05, 0) is 31.2 Å². The molecule has 0 aliphatic carbocycles. The maximum Gasteiger partial charge on any atom is 0.267 e. The van der Waals surface area contributed by atoms with Gasteiger partial charge in [0.1, 0.15) is 10.7 Å². The Kier molecular flexibility index (Phi) is 4.19. The maximum atomic E-state index is 12.7. The summed E-state index contributed by atoms with van der Waals surface area (Å²) in [5, 5.41) is 2.96. The third kappa shape index (κ3) is 2.72. The molecule has 2 heterocycles. The van der Waals surface area contributed by atoms with Crippen LogP contribution in [-0.4, -0.2) is 32.0 Å². The van der Waals surface area contributed by atoms with Gasteiger partial charge in [-0.2, -0.15) is 0 Å². The number of anilines is 2. The number of rotatable bonds is 5. The predicted molar refractivity (Wildman–Crippen MR) is 78.2 cm³/mol. The molecule has 0 bridgehead atoms. The molecular weight excluding hydrogens is 276 g/mol. The van der Waals surface area contributed by atoms with Gasteiger partial charge in [-0.3, -0.25) is 9.29 Å². The molecule has 0 spiro atoms. The Balaban J connectivity index is 2.45. The van der Waals surface area contributed by atoms with Crippen LogP contribution in [0.1, 0.15) is 6.92 Å². The molecular formula is C13H16N4O2S. The minimum absolute atomic E-state index is 0.154. The Bertz CT molecular complexity index is 674. The van der Waals surface area contributed by atoms with E-state index in [1.807, 2.05) is 6.92 Å². The molecule has 20 heavy (non-hydrogen) atoms. The van der Waals surface area contributed by atoms with E-state index in [9.17, 15) is 8.42 Å². The Hall–Kier alpha value is -2.15. The molecule has 106 valence electrons. The first kappa shape index (κ1) is 14.3. The zero-order chi connectivity index (χ0) is 14.6. The van der Waals surface area contributed by atoms with Crippen LogP contribution in [0, 0.1) is 0 Å². The molecule has 0 atom stereocenters. The highest BCUT2D eigenvalue weighted by Gasteiger charge is 2.24. The lowest BCUT2D eigenvalue weighted by molar-refractivity contribution is 0.594. The average molecular weight is 292 g/mol. The quantitative estimate of drug-likeness (QED) is 0.908. The summed E-state index contributed by atoms with van der Waals surface area (Å²) in [6, 6.07) is 6.42. The van der Waals surface area contributed by atoms with E-state index in [2.05, 4.69) is 15.3 Å². The van der Waals surface area contributed by atoms with E-state index in [1.165, 1.54) is 17.4 Å². The van der Waals surface area contributed by atoms with Crippen molar-refractivity contribution in [2.24, 2.45) is 0 Å². The zero-order valence-electron chi connectivity index (χ0n) is 11.3. The lowest BCUT2D eigenvalue weighted by atomic mass is 10.4. The fraction of sp³-hybridized carbons (Fsp3) is 0.231. The smallest absolute Gasteiger partial charge is 0.267 e. The number of pyridine rings is 2. The second-order valence-corrected chi connectivity index (χ2v) is 6.00. The number of nitrogens with zero attached hydrogens (tertiary/aromatic N) is 3. The molecule has 0 aliphatic heterocycles. The zero-order valence-corrected chi connectivity index (χ0v) is 12.1. The van der Waals surface area contributed by atoms with Crippen LogP contribution >= 0.6 is 0 Å². The first-order valence-electron chi connectivity index (χ1n) is 6.15. The predicted octanol–water partition coefficient (Wildman–Crippen LogP) is 1.73. The first-order valence-corrected chi connectivity index (χ1v) is 7.59. The molecule has 0 aliphatic rings. The topological polar surface area (TPSA) is 75.2 Å². The number of hydrogen-bond donors (Lipinski definition) is 1. The van der Waals surface area contributed by atoms with Gasteiger partial charge in [-0.15, -0.1) is 0 Å². The van der Waals surface area contributed by atoms with Gasteiger partial charge in [0.05, 0.1) is 5.69 Å². The van der Waals surface area contributed by atoms with Gasteiger partial charge in [-0.1, -0.05) is 0 Å². The van der Waals surface area contributed by atoms with Crippen molar-refractivity contribution < 1.29 is 8.42 Å². The minimum Gasteiger partial charge on any atom is -0.369 e. The molecule has 0 aromatic carbocycles. The highest BCUT2D eigenvalue weighted by molar-refractivity contribution is 7.93. The van der Waals surface area contributed by atoms with Gasteiger partial charge >= 0.3 is 0 Å². The van der Waals surface area contributed by atoms with E-state index < -0.39 is 10.0 Å². The van der Waals surface area contributed by atoms with Crippen LogP contribution in [0.5, 0.6) is 0 Å². The van der Waals surface area contributed by atoms with Crippen molar-refractivity contribution in [1.82, 2.24) is 9.97 Å². The van der Waals surface area contributed by atoms with Gasteiger partial charge in [0.25, 0.3) is 10.0 Å². The summed E-state index contributed by atoms with van der Waals surface area (Å²) in [7, 11) is -2.16. The number of sulfonamides is 1. The molecule has 7 heteroatoms. The summed E-state index contributed by atoms with van der Waals surface area (Å²) in [6.45, 7) is 2.48. The molecule has 1 N–H and O–H groups in total. The molecule has 0 amide bonds. The maximum absolute atomic E-state index is 12.7. The summed E-state index contributed by atoms with van der Waals surface area (Å²) in [4.78, 5) is 8.12. The van der Waals surface area contributed by atoms with Crippen LogP contribution in [0.25, 0.3) is 0 Å². The number of nitrogens with one attached hydrogen (secondary N) is 1. The Morgan fingerprint density at radius 3 is 2.55 bits per heavy atom. The van der Waals surface area contributed by atoms with Crippen LogP contribution in [0.3, 0.4) is 0 Å². The van der Waals surface area contributed by atoms with Crippen LogP contribution in [-0.2, 0) is 10.0 Å². The summed E-state index contributed by atoms with van der Waals surface area (Å²) in [5.41, 5.74) is 0.548. The summed E-state index contributed by atoms with van der Waals surface area (Å²) in [6.07, 6.45) is 4.66. The number of hydrogen-bond acceptors (Lipinski definition) is 5.